The van der Waals surface area contributed by atoms with Gasteiger partial charge in [0, 0.05) is 17.5 Å². The third-order valence-electron chi connectivity index (χ3n) is 6.97. The third kappa shape index (κ3) is 6.10. The number of hydrogen-bond acceptors (Lipinski definition) is 12. The van der Waals surface area contributed by atoms with Crippen LogP contribution in [-0.2, 0) is 29.7 Å². The molecule has 2 aliphatic rings. The van der Waals surface area contributed by atoms with Gasteiger partial charge in [-0.1, -0.05) is 88.9 Å². The number of amides is 2. The summed E-state index contributed by atoms with van der Waals surface area (Å²) in [6.45, 7) is 0. The predicted molar refractivity (Wildman–Crippen MR) is 175 cm³/mol. The highest BCUT2D eigenvalue weighted by Crippen LogP contribution is 2.59. The first-order valence-corrected chi connectivity index (χ1v) is 16.9. The molecule has 4 aromatic rings. The average molecular weight is 727 g/mol. The van der Waals surface area contributed by atoms with E-state index in [0.717, 1.165) is 28.0 Å². The molecule has 2 aliphatic heterocycles. The topological polar surface area (TPSA) is 176 Å². The van der Waals surface area contributed by atoms with Crippen LogP contribution in [0.15, 0.2) is 92.6 Å². The van der Waals surface area contributed by atoms with Crippen molar-refractivity contribution in [3.05, 3.63) is 110 Å². The van der Waals surface area contributed by atoms with Crippen LogP contribution in [0, 0.1) is 0 Å². The molecule has 12 nitrogen and oxygen atoms in total. The molecule has 5 N–H and O–H groups in total. The van der Waals surface area contributed by atoms with Crippen LogP contribution in [0.2, 0.25) is 0 Å². The molecule has 2 aromatic heterocycles. The van der Waals surface area contributed by atoms with Crippen molar-refractivity contribution in [1.82, 2.24) is 25.4 Å². The van der Waals surface area contributed by atoms with Crippen molar-refractivity contribution in [2.45, 2.75) is 28.5 Å². The van der Waals surface area contributed by atoms with Crippen molar-refractivity contribution in [1.29, 1.82) is 0 Å². The highest BCUT2D eigenvalue weighted by molar-refractivity contribution is 9.11. The first-order chi connectivity index (χ1) is 21.8. The standard InChI is InChI=1S/C29H24BrN7O5S3/c30-26-24(35-28(31)44-26)29(36-19(38)14-34-41)25(43-15-16-12-32-33-13-16)22(37-20(39)11-21(37)45-29)27(40)42-23(17-7-3-1-4-8-17)18-9-5-2-6-10-18/h1-10,12-14,21,23,41H,11,15H2,(H2,31,35)(H,32,33)(H,36,38)/b34-14-/t21-,29?/m1/s1. The van der Waals surface area contributed by atoms with Crippen molar-refractivity contribution in [2.24, 2.45) is 5.16 Å². The predicted octanol–water partition coefficient (Wildman–Crippen LogP) is 4.72. The quantitative estimate of drug-likeness (QED) is 0.0588. The van der Waals surface area contributed by atoms with Crippen LogP contribution in [0.5, 0.6) is 0 Å². The minimum Gasteiger partial charge on any atom is -0.448 e. The number of fused-ring (bicyclic) bond motifs is 1. The number of oxime groups is 1. The maximum Gasteiger partial charge on any atom is 0.357 e. The summed E-state index contributed by atoms with van der Waals surface area (Å²) in [6, 6.07) is 18.6. The second kappa shape index (κ2) is 13.1. The number of β-lactam (4-membered cyclic amide) rings is 1. The normalized spacial score (nSPS) is 19.5. The van der Waals surface area contributed by atoms with E-state index in [4.69, 9.17) is 10.5 Å². The van der Waals surface area contributed by atoms with Crippen LogP contribution in [-0.4, -0.2) is 54.7 Å². The summed E-state index contributed by atoms with van der Waals surface area (Å²) >= 11 is 7.13. The van der Waals surface area contributed by atoms with Gasteiger partial charge in [0.1, 0.15) is 17.6 Å². The number of nitrogens with one attached hydrogen (secondary N) is 2. The Morgan fingerprint density at radius 1 is 1.24 bits per heavy atom. The number of anilines is 1. The minimum absolute atomic E-state index is 0.0277. The fraction of sp³-hybridized carbons (Fsp3) is 0.172. The van der Waals surface area contributed by atoms with Gasteiger partial charge in [-0.3, -0.25) is 19.6 Å². The van der Waals surface area contributed by atoms with E-state index < -0.39 is 28.2 Å². The highest BCUT2D eigenvalue weighted by atomic mass is 79.9. The van der Waals surface area contributed by atoms with Crippen LogP contribution >= 0.6 is 50.8 Å². The first-order valence-electron chi connectivity index (χ1n) is 13.4. The van der Waals surface area contributed by atoms with Crippen LogP contribution in [0.25, 0.3) is 0 Å². The molecule has 2 amide bonds. The lowest BCUT2D eigenvalue weighted by Crippen LogP contribution is -2.60. The van der Waals surface area contributed by atoms with Gasteiger partial charge in [-0.05, 0) is 27.1 Å². The summed E-state index contributed by atoms with van der Waals surface area (Å²) < 4.78 is 6.79. The Kier molecular flexibility index (Phi) is 8.98. The Bertz CT molecular complexity index is 1750. The second-order valence-electron chi connectivity index (χ2n) is 9.81. The van der Waals surface area contributed by atoms with Gasteiger partial charge in [0.25, 0.3) is 5.91 Å². The molecular formula is C29H24BrN7O5S3. The molecule has 45 heavy (non-hydrogen) atoms. The smallest absolute Gasteiger partial charge is 0.357 e. The van der Waals surface area contributed by atoms with E-state index in [1.54, 1.807) is 12.4 Å². The van der Waals surface area contributed by atoms with Crippen LogP contribution in [0.1, 0.15) is 34.9 Å². The van der Waals surface area contributed by atoms with E-state index in [1.807, 2.05) is 60.7 Å². The Morgan fingerprint density at radius 2 is 1.93 bits per heavy atom. The van der Waals surface area contributed by atoms with Crippen molar-refractivity contribution in [2.75, 3.05) is 5.73 Å². The zero-order chi connectivity index (χ0) is 31.6. The molecule has 2 aromatic carbocycles. The summed E-state index contributed by atoms with van der Waals surface area (Å²) in [5.41, 5.74) is 8.66. The number of aromatic nitrogens is 3. The molecule has 230 valence electrons. The van der Waals surface area contributed by atoms with Gasteiger partial charge in [0.2, 0.25) is 5.91 Å². The average Bonchev–Trinajstić information content (AvgIpc) is 3.68. The van der Waals surface area contributed by atoms with Crippen LogP contribution < -0.4 is 11.1 Å². The number of rotatable bonds is 10. The van der Waals surface area contributed by atoms with E-state index in [0.29, 0.717) is 21.4 Å². The summed E-state index contributed by atoms with van der Waals surface area (Å²) in [5, 5.41) is 21.4. The number of ether oxygens (including phenoxy) is 1. The molecule has 0 saturated carbocycles. The lowest BCUT2D eigenvalue weighted by molar-refractivity contribution is -0.152. The number of aromatic amines is 1. The van der Waals surface area contributed by atoms with Crippen molar-refractivity contribution in [3.63, 3.8) is 0 Å². The Morgan fingerprint density at radius 3 is 2.49 bits per heavy atom. The number of carbonyl (C=O) groups is 3. The molecule has 0 aliphatic carbocycles. The zero-order valence-electron chi connectivity index (χ0n) is 23.1. The maximum atomic E-state index is 14.5. The lowest BCUT2D eigenvalue weighted by atomic mass is 10.0. The number of nitrogens with zero attached hydrogens (tertiary/aromatic N) is 4. The van der Waals surface area contributed by atoms with E-state index in [2.05, 4.69) is 41.6 Å². The molecular weight excluding hydrogens is 702 g/mol. The summed E-state index contributed by atoms with van der Waals surface area (Å²) in [5.74, 6) is -1.50. The van der Waals surface area contributed by atoms with Gasteiger partial charge >= 0.3 is 5.97 Å². The summed E-state index contributed by atoms with van der Waals surface area (Å²) in [6.07, 6.45) is 3.35. The first kappa shape index (κ1) is 30.9. The molecule has 6 rings (SSSR count). The van der Waals surface area contributed by atoms with Crippen LogP contribution in [0.3, 0.4) is 0 Å². The molecule has 4 heterocycles. The van der Waals surface area contributed by atoms with Gasteiger partial charge in [0.05, 0.1) is 26.7 Å². The number of thioether (sulfide) groups is 2. The SMILES string of the molecule is Nc1nc(C2(NC(=O)/C=N\O)S[C@@H]3CC(=O)N3C(C(=O)OC(c3ccccc3)c3ccccc3)=C2SCc2cn[nH]c2)c(Br)s1. The maximum absolute atomic E-state index is 14.5. The third-order valence-corrected chi connectivity index (χ3v) is 11.4. The Labute approximate surface area is 277 Å². The molecule has 16 heteroatoms. The molecule has 1 unspecified atom stereocenters. The fourth-order valence-corrected chi connectivity index (χ4v) is 9.75. The monoisotopic (exact) mass is 725 g/mol. The van der Waals surface area contributed by atoms with Gasteiger partial charge in [-0.15, -0.1) is 11.8 Å². The molecule has 1 fully saturated rings. The minimum atomic E-state index is -1.54. The molecule has 0 bridgehead atoms. The van der Waals surface area contributed by atoms with Gasteiger partial charge in [0.15, 0.2) is 16.1 Å². The number of nitrogen functional groups attached to an aromatic ring is 1. The van der Waals surface area contributed by atoms with Crippen molar-refractivity contribution < 1.29 is 24.3 Å². The molecule has 0 radical (unpaired) electrons. The number of esters is 1. The number of nitrogens with two attached hydrogens (primary N) is 1. The zero-order valence-corrected chi connectivity index (χ0v) is 27.2. The van der Waals surface area contributed by atoms with E-state index in [-0.39, 0.29) is 28.1 Å². The largest absolute Gasteiger partial charge is 0.448 e. The lowest BCUT2D eigenvalue weighted by Gasteiger charge is -2.51. The van der Waals surface area contributed by atoms with E-state index >= 15 is 0 Å². The summed E-state index contributed by atoms with van der Waals surface area (Å²) in [7, 11) is 0. The van der Waals surface area contributed by atoms with Gasteiger partial charge in [-0.2, -0.15) is 5.10 Å². The summed E-state index contributed by atoms with van der Waals surface area (Å²) in [4.78, 5) is 45.6. The van der Waals surface area contributed by atoms with Gasteiger partial charge in [-0.25, -0.2) is 9.78 Å². The highest BCUT2D eigenvalue weighted by Gasteiger charge is 2.58. The number of thiazole rings is 1. The van der Waals surface area contributed by atoms with Crippen molar-refractivity contribution in [3.8, 4) is 0 Å². The molecule has 1 saturated heterocycles. The number of carbonyl (C=O) groups excluding carboxylic acids is 3. The number of halogens is 1. The molecule has 2 atom stereocenters. The van der Waals surface area contributed by atoms with Gasteiger partial charge < -0.3 is 21.0 Å². The Hall–Kier alpha value is -4.12. The van der Waals surface area contributed by atoms with Crippen molar-refractivity contribution >= 4 is 79.9 Å². The second-order valence-corrected chi connectivity index (χ2v) is 14.5. The number of H-pyrrole nitrogens is 1. The van der Waals surface area contributed by atoms with E-state index in [1.165, 1.54) is 28.4 Å². The van der Waals surface area contributed by atoms with Crippen LogP contribution in [0.4, 0.5) is 5.13 Å². The fourth-order valence-electron chi connectivity index (χ4n) is 5.01. The molecule has 0 spiro atoms. The number of benzene rings is 2. The van der Waals surface area contributed by atoms with E-state index in [9.17, 15) is 19.6 Å². The Balaban J connectivity index is 1.54. The number of hydrogen-bond donors (Lipinski definition) is 4.